The van der Waals surface area contributed by atoms with Crippen LogP contribution in [-0.2, 0) is 9.59 Å². The van der Waals surface area contributed by atoms with Gasteiger partial charge in [0.05, 0.1) is 21.4 Å². The molecule has 184 valence electrons. The normalized spacial score (nSPS) is 15.9. The Morgan fingerprint density at radius 2 is 1.75 bits per heavy atom. The zero-order valence-electron chi connectivity index (χ0n) is 19.4. The number of benzene rings is 3. The highest BCUT2D eigenvalue weighted by molar-refractivity contribution is 6.42. The summed E-state index contributed by atoms with van der Waals surface area (Å²) < 4.78 is 5.68. The molecule has 0 spiro atoms. The van der Waals surface area contributed by atoms with E-state index >= 15 is 0 Å². The van der Waals surface area contributed by atoms with Gasteiger partial charge in [0.15, 0.2) is 6.10 Å². The highest BCUT2D eigenvalue weighted by Crippen LogP contribution is 2.28. The predicted molar refractivity (Wildman–Crippen MR) is 139 cm³/mol. The van der Waals surface area contributed by atoms with Crippen LogP contribution in [-0.4, -0.2) is 42.8 Å². The minimum atomic E-state index is -1.22. The quantitative estimate of drug-likeness (QED) is 0.510. The van der Waals surface area contributed by atoms with Crippen molar-refractivity contribution < 1.29 is 19.1 Å². The van der Waals surface area contributed by atoms with Crippen molar-refractivity contribution >= 4 is 52.3 Å². The van der Waals surface area contributed by atoms with Gasteiger partial charge in [-0.3, -0.25) is 14.4 Å². The van der Waals surface area contributed by atoms with Crippen LogP contribution in [0.15, 0.2) is 71.7 Å². The van der Waals surface area contributed by atoms with Gasteiger partial charge in [-0.25, -0.2) is 4.99 Å². The Morgan fingerprint density at radius 3 is 2.42 bits per heavy atom. The number of primary amides is 1. The minimum absolute atomic E-state index is 0.289. The molecule has 3 N–H and O–H groups in total. The number of carbonyl (C=O) groups excluding carboxylic acids is 3. The number of fused-ring (bicyclic) bond motifs is 1. The summed E-state index contributed by atoms with van der Waals surface area (Å²) in [7, 11) is 1.62. The molecule has 1 aliphatic heterocycles. The molecule has 3 amide bonds. The summed E-state index contributed by atoms with van der Waals surface area (Å²) in [6.07, 6.45) is -2.18. The van der Waals surface area contributed by atoms with Crippen LogP contribution < -0.4 is 20.7 Å². The van der Waals surface area contributed by atoms with Crippen LogP contribution in [0, 0.1) is 0 Å². The number of aliphatic imine (C=N–C) groups is 1. The van der Waals surface area contributed by atoms with E-state index in [4.69, 9.17) is 33.7 Å². The zero-order chi connectivity index (χ0) is 26.0. The summed E-state index contributed by atoms with van der Waals surface area (Å²) in [5.74, 6) is -1.18. The number of ether oxygens (including phenoxy) is 1. The van der Waals surface area contributed by atoms with E-state index in [2.05, 4.69) is 10.3 Å². The average Bonchev–Trinajstić information content (AvgIpc) is 2.97. The minimum Gasteiger partial charge on any atom is -0.481 e. The number of rotatable bonds is 6. The Bertz CT molecular complexity index is 1370. The number of para-hydroxylation sites is 1. The Hall–Kier alpha value is -3.88. The fraction of sp³-hybridized carbons (Fsp3) is 0.154. The summed E-state index contributed by atoms with van der Waals surface area (Å²) in [6, 6.07) is 18.5. The summed E-state index contributed by atoms with van der Waals surface area (Å²) in [5, 5.41) is 3.32. The molecule has 2 unspecified atom stereocenters. The highest BCUT2D eigenvalue weighted by Gasteiger charge is 2.32. The first kappa shape index (κ1) is 25.2. The Morgan fingerprint density at radius 1 is 1.06 bits per heavy atom. The molecule has 8 nitrogen and oxygen atoms in total. The molecular formula is C26H22Cl2N4O4. The number of anilines is 1. The van der Waals surface area contributed by atoms with Crippen molar-refractivity contribution in [1.29, 1.82) is 0 Å². The largest absolute Gasteiger partial charge is 0.481 e. The molecule has 3 aromatic rings. The number of nitrogens with one attached hydrogen (secondary N) is 1. The second-order valence-electron chi connectivity index (χ2n) is 8.08. The molecule has 3 aromatic carbocycles. The van der Waals surface area contributed by atoms with Gasteiger partial charge in [0, 0.05) is 29.8 Å². The van der Waals surface area contributed by atoms with Crippen molar-refractivity contribution in [3.63, 3.8) is 0 Å². The summed E-state index contributed by atoms with van der Waals surface area (Å²) in [6.45, 7) is 1.55. The van der Waals surface area contributed by atoms with E-state index in [0.717, 1.165) is 0 Å². The third kappa shape index (κ3) is 5.19. The molecule has 0 saturated heterocycles. The molecule has 2 atom stereocenters. The van der Waals surface area contributed by atoms with E-state index in [1.54, 1.807) is 56.4 Å². The Balaban J connectivity index is 1.65. The second-order valence-corrected chi connectivity index (χ2v) is 8.90. The number of nitrogens with zero attached hydrogens (tertiary/aromatic N) is 2. The molecule has 1 aliphatic rings. The van der Waals surface area contributed by atoms with Gasteiger partial charge in [-0.15, -0.1) is 0 Å². The summed E-state index contributed by atoms with van der Waals surface area (Å²) in [5.41, 5.74) is 8.14. The van der Waals surface area contributed by atoms with Crippen molar-refractivity contribution in [2.45, 2.75) is 19.2 Å². The maximum absolute atomic E-state index is 13.3. The smallest absolute Gasteiger partial charge is 0.272 e. The van der Waals surface area contributed by atoms with Crippen molar-refractivity contribution in [2.24, 2.45) is 10.7 Å². The molecule has 36 heavy (non-hydrogen) atoms. The molecule has 0 fully saturated rings. The molecule has 0 bridgehead atoms. The van der Waals surface area contributed by atoms with Gasteiger partial charge in [-0.05, 0) is 37.3 Å². The van der Waals surface area contributed by atoms with Crippen LogP contribution in [0.25, 0.3) is 0 Å². The SMILES string of the molecule is CC(Oc1ccc(Cl)c(Cl)c1)C(=O)NC1N=C(c2ccc(C(N)=O)cc2)c2ccccc2N(C)C1=O. The van der Waals surface area contributed by atoms with Gasteiger partial charge in [0.2, 0.25) is 12.1 Å². The lowest BCUT2D eigenvalue weighted by atomic mass is 9.99. The van der Waals surface area contributed by atoms with Gasteiger partial charge < -0.3 is 20.7 Å². The molecule has 0 saturated carbocycles. The van der Waals surface area contributed by atoms with Crippen LogP contribution in [0.5, 0.6) is 5.75 Å². The molecule has 0 radical (unpaired) electrons. The number of benzodiazepines with no additional fused rings is 1. The number of nitrogens with two attached hydrogens (primary N) is 1. The monoisotopic (exact) mass is 524 g/mol. The van der Waals surface area contributed by atoms with Gasteiger partial charge in [0.1, 0.15) is 5.75 Å². The fourth-order valence-electron chi connectivity index (χ4n) is 3.70. The van der Waals surface area contributed by atoms with Crippen LogP contribution in [0.3, 0.4) is 0 Å². The third-order valence-electron chi connectivity index (χ3n) is 5.64. The van der Waals surface area contributed by atoms with E-state index in [1.165, 1.54) is 11.0 Å². The lowest BCUT2D eigenvalue weighted by Gasteiger charge is -2.22. The Labute approximate surface area is 217 Å². The average molecular weight is 525 g/mol. The Kier molecular flexibility index (Phi) is 7.28. The van der Waals surface area contributed by atoms with Crippen molar-refractivity contribution in [1.82, 2.24) is 5.32 Å². The van der Waals surface area contributed by atoms with Gasteiger partial charge >= 0.3 is 0 Å². The molecule has 1 heterocycles. The molecule has 0 aliphatic carbocycles. The maximum Gasteiger partial charge on any atom is 0.272 e. The highest BCUT2D eigenvalue weighted by atomic mass is 35.5. The number of likely N-dealkylation sites (N-methyl/N-ethyl adjacent to an activating group) is 1. The first-order valence-corrected chi connectivity index (χ1v) is 11.7. The number of carbonyl (C=O) groups is 3. The lowest BCUT2D eigenvalue weighted by molar-refractivity contribution is -0.131. The number of hydrogen-bond acceptors (Lipinski definition) is 5. The van der Waals surface area contributed by atoms with E-state index in [1.807, 2.05) is 18.2 Å². The first-order valence-electron chi connectivity index (χ1n) is 10.9. The number of hydrogen-bond donors (Lipinski definition) is 2. The second kappa shape index (κ2) is 10.4. The zero-order valence-corrected chi connectivity index (χ0v) is 20.9. The summed E-state index contributed by atoms with van der Waals surface area (Å²) in [4.78, 5) is 43.9. The first-order chi connectivity index (χ1) is 17.2. The van der Waals surface area contributed by atoms with Crippen LogP contribution >= 0.6 is 23.2 Å². The molecule has 0 aromatic heterocycles. The predicted octanol–water partition coefficient (Wildman–Crippen LogP) is 3.82. The van der Waals surface area contributed by atoms with Crippen molar-refractivity contribution in [3.05, 3.63) is 93.5 Å². The molecule has 10 heteroatoms. The van der Waals surface area contributed by atoms with Crippen LogP contribution in [0.2, 0.25) is 10.0 Å². The fourth-order valence-corrected chi connectivity index (χ4v) is 3.99. The number of halogens is 2. The molecule has 4 rings (SSSR count). The van der Waals surface area contributed by atoms with Gasteiger partial charge in [0.25, 0.3) is 11.8 Å². The van der Waals surface area contributed by atoms with Gasteiger partial charge in [-0.2, -0.15) is 0 Å². The summed E-state index contributed by atoms with van der Waals surface area (Å²) >= 11 is 12.0. The van der Waals surface area contributed by atoms with Gasteiger partial charge in [-0.1, -0.05) is 53.5 Å². The van der Waals surface area contributed by atoms with E-state index in [-0.39, 0.29) is 5.02 Å². The maximum atomic E-state index is 13.3. The lowest BCUT2D eigenvalue weighted by Crippen LogP contribution is -2.49. The van der Waals surface area contributed by atoms with E-state index in [0.29, 0.717) is 38.9 Å². The van der Waals surface area contributed by atoms with Crippen LogP contribution in [0.4, 0.5) is 5.69 Å². The molecular weight excluding hydrogens is 503 g/mol. The van der Waals surface area contributed by atoms with Crippen molar-refractivity contribution in [2.75, 3.05) is 11.9 Å². The van der Waals surface area contributed by atoms with Crippen LogP contribution in [0.1, 0.15) is 28.4 Å². The van der Waals surface area contributed by atoms with E-state index < -0.39 is 30.0 Å². The van der Waals surface area contributed by atoms with Crippen molar-refractivity contribution in [3.8, 4) is 5.75 Å². The number of amides is 3. The standard InChI is InChI=1S/C26H22Cl2N4O4/c1-14(36-17-11-12-19(27)20(28)13-17)25(34)31-24-26(35)32(2)21-6-4-3-5-18(21)22(30-24)15-7-9-16(10-8-15)23(29)33/h3-14,24H,1-2H3,(H2,29,33)(H,31,34). The van der Waals surface area contributed by atoms with E-state index in [9.17, 15) is 14.4 Å². The topological polar surface area (TPSA) is 114 Å². The third-order valence-corrected chi connectivity index (χ3v) is 6.38.